The molecule has 8 nitrogen and oxygen atoms in total. The summed E-state index contributed by atoms with van der Waals surface area (Å²) in [5.74, 6) is 0.739. The van der Waals surface area contributed by atoms with Crippen LogP contribution in [0, 0.1) is 5.92 Å². The van der Waals surface area contributed by atoms with Crippen molar-refractivity contribution < 1.29 is 9.47 Å². The third kappa shape index (κ3) is 2.47. The Bertz CT molecular complexity index is 1000. The van der Waals surface area contributed by atoms with Gasteiger partial charge in [-0.05, 0) is 51.8 Å². The lowest BCUT2D eigenvalue weighted by Gasteiger charge is -2.28. The van der Waals surface area contributed by atoms with Crippen molar-refractivity contribution in [2.24, 2.45) is 13.0 Å². The van der Waals surface area contributed by atoms with E-state index in [9.17, 15) is 4.79 Å². The minimum atomic E-state index is -0.293. The average molecular weight is 408 g/mol. The molecule has 4 heterocycles. The third-order valence-electron chi connectivity index (χ3n) is 7.09. The number of imidazole rings is 1. The van der Waals surface area contributed by atoms with Gasteiger partial charge in [-0.3, -0.25) is 14.0 Å². The second kappa shape index (κ2) is 6.18. The van der Waals surface area contributed by atoms with E-state index < -0.39 is 0 Å². The molecule has 2 aromatic rings. The van der Waals surface area contributed by atoms with Crippen LogP contribution >= 0.6 is 11.6 Å². The molecule has 5 rings (SSSR count). The van der Waals surface area contributed by atoms with Gasteiger partial charge in [0.15, 0.2) is 11.2 Å². The summed E-state index contributed by atoms with van der Waals surface area (Å²) >= 11 is 6.25. The van der Waals surface area contributed by atoms with Crippen LogP contribution in [0.4, 0.5) is 0 Å². The minimum Gasteiger partial charge on any atom is -0.471 e. The maximum atomic E-state index is 13.1. The standard InChI is InChI=1S/C19H26ClN5O3/c1-10-5-6-13(23(10)3)11(2)28-16-14-15(21-17(20)22-16)25(18(26)24(14)4)19-7-12(19)8-27-9-19/h10-13H,5-9H2,1-4H3/t10-,11-,12-,13-,19-/m0/s1. The van der Waals surface area contributed by atoms with Crippen LogP contribution in [0.2, 0.25) is 5.28 Å². The van der Waals surface area contributed by atoms with Crippen molar-refractivity contribution >= 4 is 22.8 Å². The highest BCUT2D eigenvalue weighted by molar-refractivity contribution is 6.28. The fraction of sp³-hybridized carbons (Fsp3) is 0.737. The Kier molecular flexibility index (Phi) is 4.06. The van der Waals surface area contributed by atoms with Crippen molar-refractivity contribution in [3.63, 3.8) is 0 Å². The summed E-state index contributed by atoms with van der Waals surface area (Å²) in [4.78, 5) is 24.2. The van der Waals surface area contributed by atoms with E-state index >= 15 is 0 Å². The molecule has 152 valence electrons. The summed E-state index contributed by atoms with van der Waals surface area (Å²) in [7, 11) is 3.87. The molecule has 0 amide bonds. The Labute approximate surface area is 168 Å². The van der Waals surface area contributed by atoms with Gasteiger partial charge >= 0.3 is 5.69 Å². The van der Waals surface area contributed by atoms with Gasteiger partial charge in [0.2, 0.25) is 11.2 Å². The molecule has 5 atom stereocenters. The molecule has 0 spiro atoms. The highest BCUT2D eigenvalue weighted by atomic mass is 35.5. The SMILES string of the molecule is C[C@H](Oc1nc(Cl)nc2c1n(C)c(=O)n2[C@@]12COC[C@@H]1C2)[C@@H]1CC[C@H](C)N1C. The first kappa shape index (κ1) is 18.4. The van der Waals surface area contributed by atoms with Crippen LogP contribution in [-0.2, 0) is 17.3 Å². The molecule has 2 saturated heterocycles. The van der Waals surface area contributed by atoms with Gasteiger partial charge in [0.1, 0.15) is 6.10 Å². The van der Waals surface area contributed by atoms with Gasteiger partial charge in [-0.15, -0.1) is 0 Å². The molecule has 0 radical (unpaired) electrons. The number of fused-ring (bicyclic) bond motifs is 2. The lowest BCUT2D eigenvalue weighted by molar-refractivity contribution is 0.104. The number of likely N-dealkylation sites (tertiary alicyclic amines) is 1. The lowest BCUT2D eigenvalue weighted by Crippen LogP contribution is -2.40. The van der Waals surface area contributed by atoms with Gasteiger partial charge in [0.25, 0.3) is 0 Å². The number of aryl methyl sites for hydroxylation is 1. The maximum Gasteiger partial charge on any atom is 0.330 e. The van der Waals surface area contributed by atoms with E-state index in [1.54, 1.807) is 16.2 Å². The van der Waals surface area contributed by atoms with Crippen molar-refractivity contribution in [2.45, 2.75) is 56.8 Å². The molecule has 0 unspecified atom stereocenters. The zero-order valence-electron chi connectivity index (χ0n) is 16.7. The number of rotatable bonds is 4. The first-order valence-corrected chi connectivity index (χ1v) is 10.3. The predicted molar refractivity (Wildman–Crippen MR) is 105 cm³/mol. The molecule has 0 N–H and O–H groups in total. The highest BCUT2D eigenvalue weighted by Gasteiger charge is 2.61. The number of likely N-dealkylation sites (N-methyl/N-ethyl adjacent to an activating group) is 1. The van der Waals surface area contributed by atoms with E-state index in [1.165, 1.54) is 0 Å². The van der Waals surface area contributed by atoms with E-state index in [2.05, 4.69) is 35.8 Å². The summed E-state index contributed by atoms with van der Waals surface area (Å²) in [6, 6.07) is 0.830. The maximum absolute atomic E-state index is 13.1. The Balaban J connectivity index is 1.58. The van der Waals surface area contributed by atoms with Gasteiger partial charge in [-0.25, -0.2) is 4.79 Å². The molecule has 28 heavy (non-hydrogen) atoms. The van der Waals surface area contributed by atoms with Crippen LogP contribution in [0.1, 0.15) is 33.1 Å². The summed E-state index contributed by atoms with van der Waals surface area (Å²) < 4.78 is 15.2. The van der Waals surface area contributed by atoms with Crippen LogP contribution in [0.3, 0.4) is 0 Å². The molecular formula is C19H26ClN5O3. The average Bonchev–Trinajstić information content (AvgIpc) is 2.88. The molecule has 1 saturated carbocycles. The van der Waals surface area contributed by atoms with E-state index in [0.29, 0.717) is 48.3 Å². The van der Waals surface area contributed by atoms with Crippen molar-refractivity contribution in [1.29, 1.82) is 0 Å². The van der Waals surface area contributed by atoms with Crippen molar-refractivity contribution in [1.82, 2.24) is 24.0 Å². The van der Waals surface area contributed by atoms with Gasteiger partial charge in [0.05, 0.1) is 18.8 Å². The normalized spacial score (nSPS) is 33.4. The molecule has 0 aromatic carbocycles. The van der Waals surface area contributed by atoms with Gasteiger partial charge in [-0.2, -0.15) is 9.97 Å². The molecule has 1 aliphatic carbocycles. The fourth-order valence-corrected chi connectivity index (χ4v) is 5.27. The van der Waals surface area contributed by atoms with Gasteiger partial charge < -0.3 is 9.47 Å². The molecular weight excluding hydrogens is 382 g/mol. The number of nitrogens with zero attached hydrogens (tertiary/aromatic N) is 5. The lowest BCUT2D eigenvalue weighted by atomic mass is 10.1. The summed E-state index contributed by atoms with van der Waals surface area (Å²) in [6.07, 6.45) is 3.07. The van der Waals surface area contributed by atoms with E-state index in [4.69, 9.17) is 21.1 Å². The van der Waals surface area contributed by atoms with Crippen molar-refractivity contribution in [2.75, 3.05) is 20.3 Å². The Hall–Kier alpha value is -1.64. The summed E-state index contributed by atoms with van der Waals surface area (Å²) in [5, 5.41) is 0.0923. The second-order valence-corrected chi connectivity index (χ2v) is 8.99. The largest absolute Gasteiger partial charge is 0.471 e. The van der Waals surface area contributed by atoms with E-state index in [1.807, 2.05) is 0 Å². The fourth-order valence-electron chi connectivity index (χ4n) is 5.11. The third-order valence-corrected chi connectivity index (χ3v) is 7.25. The first-order chi connectivity index (χ1) is 13.3. The zero-order chi connectivity index (χ0) is 19.8. The first-order valence-electron chi connectivity index (χ1n) is 9.95. The van der Waals surface area contributed by atoms with Crippen molar-refractivity contribution in [3.8, 4) is 5.88 Å². The highest BCUT2D eigenvalue weighted by Crippen LogP contribution is 2.55. The smallest absolute Gasteiger partial charge is 0.330 e. The monoisotopic (exact) mass is 407 g/mol. The van der Waals surface area contributed by atoms with Crippen LogP contribution in [0.25, 0.3) is 11.2 Å². The van der Waals surface area contributed by atoms with Crippen LogP contribution in [0.5, 0.6) is 5.88 Å². The Morgan fingerprint density at radius 2 is 2.11 bits per heavy atom. The predicted octanol–water partition coefficient (Wildman–Crippen LogP) is 1.78. The van der Waals surface area contributed by atoms with Gasteiger partial charge in [-0.1, -0.05) is 0 Å². The number of halogens is 1. The molecule has 2 aliphatic heterocycles. The number of hydrogen-bond acceptors (Lipinski definition) is 6. The molecule has 3 fully saturated rings. The van der Waals surface area contributed by atoms with Crippen LogP contribution in [0.15, 0.2) is 4.79 Å². The zero-order valence-corrected chi connectivity index (χ0v) is 17.4. The number of ether oxygens (including phenoxy) is 2. The Morgan fingerprint density at radius 1 is 1.32 bits per heavy atom. The van der Waals surface area contributed by atoms with Crippen molar-refractivity contribution in [3.05, 3.63) is 15.8 Å². The topological polar surface area (TPSA) is 74.4 Å². The van der Waals surface area contributed by atoms with Crippen LogP contribution in [-0.4, -0.2) is 62.5 Å². The number of hydrogen-bond donors (Lipinski definition) is 0. The Morgan fingerprint density at radius 3 is 2.71 bits per heavy atom. The van der Waals surface area contributed by atoms with E-state index in [-0.39, 0.29) is 22.6 Å². The molecule has 2 aromatic heterocycles. The summed E-state index contributed by atoms with van der Waals surface area (Å²) in [6.45, 7) is 5.51. The van der Waals surface area contributed by atoms with Gasteiger partial charge in [0, 0.05) is 25.0 Å². The number of aromatic nitrogens is 4. The van der Waals surface area contributed by atoms with E-state index in [0.717, 1.165) is 19.3 Å². The molecule has 3 aliphatic rings. The molecule has 0 bridgehead atoms. The molecule has 9 heteroatoms. The quantitative estimate of drug-likeness (QED) is 0.719. The summed E-state index contributed by atoms with van der Waals surface area (Å²) in [5.41, 5.74) is 0.722. The minimum absolute atomic E-state index is 0.0794. The second-order valence-electron chi connectivity index (χ2n) is 8.65. The van der Waals surface area contributed by atoms with Crippen LogP contribution < -0.4 is 10.4 Å².